The third kappa shape index (κ3) is 4.97. The number of imidazole rings is 1. The van der Waals surface area contributed by atoms with Crippen molar-refractivity contribution in [3.8, 4) is 0 Å². The van der Waals surface area contributed by atoms with Gasteiger partial charge in [-0.1, -0.05) is 44.5 Å². The highest BCUT2D eigenvalue weighted by Gasteiger charge is 2.36. The molecule has 1 aromatic carbocycles. The number of likely N-dealkylation sites (tertiary alicyclic amines) is 1. The molecule has 0 unspecified atom stereocenters. The number of piperidine rings is 1. The SMILES string of the molecule is CC(C)(C)CNC(=O)c1nc[nH]c1C(=O)N1CCC(O)(c2ccc(Cl)cc2)CC1. The minimum Gasteiger partial charge on any atom is -0.385 e. The number of benzene rings is 1. The van der Waals surface area contributed by atoms with Crippen molar-refractivity contribution >= 4 is 23.4 Å². The number of halogens is 1. The molecule has 0 spiro atoms. The van der Waals surface area contributed by atoms with E-state index in [1.807, 2.05) is 32.9 Å². The average Bonchev–Trinajstić information content (AvgIpc) is 3.16. The Balaban J connectivity index is 1.66. The van der Waals surface area contributed by atoms with E-state index in [1.54, 1.807) is 17.0 Å². The van der Waals surface area contributed by atoms with Gasteiger partial charge in [-0.2, -0.15) is 0 Å². The highest BCUT2D eigenvalue weighted by Crippen LogP contribution is 2.33. The second-order valence-electron chi connectivity index (χ2n) is 8.70. The number of rotatable bonds is 4. The van der Waals surface area contributed by atoms with Crippen molar-refractivity contribution in [1.29, 1.82) is 0 Å². The van der Waals surface area contributed by atoms with E-state index >= 15 is 0 Å². The number of hydrogen-bond donors (Lipinski definition) is 3. The van der Waals surface area contributed by atoms with E-state index < -0.39 is 5.60 Å². The molecule has 29 heavy (non-hydrogen) atoms. The van der Waals surface area contributed by atoms with Gasteiger partial charge in [0.1, 0.15) is 5.69 Å². The maximum absolute atomic E-state index is 13.0. The first kappa shape index (κ1) is 21.3. The summed E-state index contributed by atoms with van der Waals surface area (Å²) in [6.07, 6.45) is 2.16. The van der Waals surface area contributed by atoms with Crippen LogP contribution >= 0.6 is 11.6 Å². The highest BCUT2D eigenvalue weighted by molar-refractivity contribution is 6.30. The third-order valence-electron chi connectivity index (χ3n) is 5.11. The van der Waals surface area contributed by atoms with Crippen molar-refractivity contribution < 1.29 is 14.7 Å². The van der Waals surface area contributed by atoms with Crippen molar-refractivity contribution in [2.75, 3.05) is 19.6 Å². The fraction of sp³-hybridized carbons (Fsp3) is 0.476. The number of hydrogen-bond acceptors (Lipinski definition) is 4. The zero-order chi connectivity index (χ0) is 21.2. The second kappa shape index (κ2) is 8.16. The van der Waals surface area contributed by atoms with Crippen molar-refractivity contribution in [2.24, 2.45) is 5.41 Å². The number of H-pyrrole nitrogens is 1. The molecule has 8 heteroatoms. The molecule has 1 fully saturated rings. The van der Waals surface area contributed by atoms with Crippen LogP contribution < -0.4 is 5.32 Å². The number of amides is 2. The fourth-order valence-electron chi connectivity index (χ4n) is 3.35. The van der Waals surface area contributed by atoms with Gasteiger partial charge in [-0.25, -0.2) is 4.98 Å². The normalized spacial score (nSPS) is 16.5. The van der Waals surface area contributed by atoms with Gasteiger partial charge >= 0.3 is 0 Å². The van der Waals surface area contributed by atoms with Crippen LogP contribution in [0.1, 0.15) is 60.2 Å². The average molecular weight is 419 g/mol. The molecule has 0 aliphatic carbocycles. The van der Waals surface area contributed by atoms with Crippen LogP contribution in [-0.4, -0.2) is 51.4 Å². The maximum Gasteiger partial charge on any atom is 0.272 e. The standard InChI is InChI=1S/C21H27ClN4O3/c1-20(2,3)12-23-18(27)16-17(25-13-24-16)19(28)26-10-8-21(29,9-11-26)14-4-6-15(22)7-5-14/h4-7,13,29H,8-12H2,1-3H3,(H,23,27)(H,24,25). The minimum atomic E-state index is -0.998. The van der Waals surface area contributed by atoms with Crippen LogP contribution in [0.5, 0.6) is 0 Å². The summed E-state index contributed by atoms with van der Waals surface area (Å²) in [6, 6.07) is 7.12. The summed E-state index contributed by atoms with van der Waals surface area (Å²) in [5.41, 5.74) is -0.0128. The Labute approximate surface area is 175 Å². The Kier molecular flexibility index (Phi) is 6.00. The van der Waals surface area contributed by atoms with E-state index in [1.165, 1.54) is 6.33 Å². The molecule has 0 saturated carbocycles. The minimum absolute atomic E-state index is 0.0743. The zero-order valence-corrected chi connectivity index (χ0v) is 17.7. The molecular formula is C21H27ClN4O3. The van der Waals surface area contributed by atoms with Gasteiger partial charge in [0.15, 0.2) is 5.69 Å². The summed E-state index contributed by atoms with van der Waals surface area (Å²) >= 11 is 5.93. The molecule has 7 nitrogen and oxygen atoms in total. The molecule has 3 N–H and O–H groups in total. The Bertz CT molecular complexity index is 878. The van der Waals surface area contributed by atoms with Crippen LogP contribution in [0.4, 0.5) is 0 Å². The molecular weight excluding hydrogens is 392 g/mol. The molecule has 0 bridgehead atoms. The molecule has 1 aromatic heterocycles. The van der Waals surface area contributed by atoms with Gasteiger partial charge in [0.05, 0.1) is 11.9 Å². The zero-order valence-electron chi connectivity index (χ0n) is 17.0. The molecule has 0 atom stereocenters. The number of aromatic nitrogens is 2. The lowest BCUT2D eigenvalue weighted by atomic mass is 9.84. The Morgan fingerprint density at radius 3 is 2.45 bits per heavy atom. The number of nitrogens with one attached hydrogen (secondary N) is 2. The van der Waals surface area contributed by atoms with E-state index in [9.17, 15) is 14.7 Å². The number of aliphatic hydroxyl groups is 1. The number of carbonyl (C=O) groups excluding carboxylic acids is 2. The summed E-state index contributed by atoms with van der Waals surface area (Å²) in [5, 5.41) is 14.4. The Morgan fingerprint density at radius 2 is 1.86 bits per heavy atom. The molecule has 2 heterocycles. The van der Waals surface area contributed by atoms with Crippen LogP contribution in [0.25, 0.3) is 0 Å². The summed E-state index contributed by atoms with van der Waals surface area (Å²) in [6.45, 7) is 7.27. The highest BCUT2D eigenvalue weighted by atomic mass is 35.5. The number of aromatic amines is 1. The molecule has 0 radical (unpaired) electrons. The maximum atomic E-state index is 13.0. The van der Waals surface area contributed by atoms with E-state index in [2.05, 4.69) is 15.3 Å². The first-order valence-electron chi connectivity index (χ1n) is 9.68. The molecule has 2 amide bonds. The van der Waals surface area contributed by atoms with E-state index in [0.717, 1.165) is 5.56 Å². The van der Waals surface area contributed by atoms with Crippen LogP contribution in [0, 0.1) is 5.41 Å². The third-order valence-corrected chi connectivity index (χ3v) is 5.36. The van der Waals surface area contributed by atoms with E-state index in [0.29, 0.717) is 37.5 Å². The lowest BCUT2D eigenvalue weighted by molar-refractivity contribution is -0.0212. The second-order valence-corrected chi connectivity index (χ2v) is 9.14. The topological polar surface area (TPSA) is 98.3 Å². The van der Waals surface area contributed by atoms with Crippen molar-refractivity contribution in [3.63, 3.8) is 0 Å². The largest absolute Gasteiger partial charge is 0.385 e. The van der Waals surface area contributed by atoms with Gasteiger partial charge in [-0.3, -0.25) is 9.59 Å². The smallest absolute Gasteiger partial charge is 0.272 e. The van der Waals surface area contributed by atoms with Gasteiger partial charge in [-0.15, -0.1) is 0 Å². The van der Waals surface area contributed by atoms with Crippen molar-refractivity contribution in [2.45, 2.75) is 39.2 Å². The van der Waals surface area contributed by atoms with Gasteiger partial charge in [0, 0.05) is 24.7 Å². The predicted octanol–water partition coefficient (Wildman–Crippen LogP) is 2.96. The van der Waals surface area contributed by atoms with Crippen molar-refractivity contribution in [1.82, 2.24) is 20.2 Å². The van der Waals surface area contributed by atoms with Gasteiger partial charge in [-0.05, 0) is 36.0 Å². The van der Waals surface area contributed by atoms with Gasteiger partial charge < -0.3 is 20.3 Å². The monoisotopic (exact) mass is 418 g/mol. The lowest BCUT2D eigenvalue weighted by Gasteiger charge is -2.38. The summed E-state index contributed by atoms with van der Waals surface area (Å²) in [4.78, 5) is 33.9. The van der Waals surface area contributed by atoms with Crippen LogP contribution in [0.15, 0.2) is 30.6 Å². The first-order valence-corrected chi connectivity index (χ1v) is 10.1. The number of nitrogens with zero attached hydrogens (tertiary/aromatic N) is 2. The predicted molar refractivity (Wildman–Crippen MR) is 111 cm³/mol. The Morgan fingerprint density at radius 1 is 1.24 bits per heavy atom. The Hall–Kier alpha value is -2.38. The molecule has 3 rings (SSSR count). The summed E-state index contributed by atoms with van der Waals surface area (Å²) < 4.78 is 0. The van der Waals surface area contributed by atoms with Crippen LogP contribution in [-0.2, 0) is 5.60 Å². The fourth-order valence-corrected chi connectivity index (χ4v) is 3.47. The van der Waals surface area contributed by atoms with Gasteiger partial charge in [0.2, 0.25) is 0 Å². The van der Waals surface area contributed by atoms with Crippen LogP contribution in [0.3, 0.4) is 0 Å². The van der Waals surface area contributed by atoms with E-state index in [4.69, 9.17) is 11.6 Å². The lowest BCUT2D eigenvalue weighted by Crippen LogP contribution is -2.45. The molecule has 1 aliphatic heterocycles. The molecule has 1 aliphatic rings. The summed E-state index contributed by atoms with van der Waals surface area (Å²) in [5.74, 6) is -0.666. The molecule has 1 saturated heterocycles. The van der Waals surface area contributed by atoms with Gasteiger partial charge in [0.25, 0.3) is 11.8 Å². The molecule has 2 aromatic rings. The molecule has 156 valence electrons. The van der Waals surface area contributed by atoms with Crippen molar-refractivity contribution in [3.05, 3.63) is 52.6 Å². The summed E-state index contributed by atoms with van der Waals surface area (Å²) in [7, 11) is 0. The van der Waals surface area contributed by atoms with E-state index in [-0.39, 0.29) is 28.6 Å². The first-order chi connectivity index (χ1) is 13.6. The number of carbonyl (C=O) groups is 2. The quantitative estimate of drug-likeness (QED) is 0.710. The van der Waals surface area contributed by atoms with Crippen LogP contribution in [0.2, 0.25) is 5.02 Å².